The largest absolute Gasteiger partial charge is 0.388 e. The first-order valence-electron chi connectivity index (χ1n) is 18.1. The van der Waals surface area contributed by atoms with Crippen LogP contribution in [0.25, 0.3) is 11.0 Å². The van der Waals surface area contributed by atoms with Crippen molar-refractivity contribution in [3.63, 3.8) is 0 Å². The van der Waals surface area contributed by atoms with Gasteiger partial charge in [0.15, 0.2) is 12.6 Å². The number of halogens is 1. The first-order chi connectivity index (χ1) is 23.6. The summed E-state index contributed by atoms with van der Waals surface area (Å²) in [5.41, 5.74) is 0.261. The first-order valence-corrected chi connectivity index (χ1v) is 18.5. The molecule has 0 saturated carbocycles. The van der Waals surface area contributed by atoms with E-state index in [1.165, 1.54) is 22.0 Å². The third-order valence-electron chi connectivity index (χ3n) is 9.64. The molecule has 0 bridgehead atoms. The number of imidazole rings is 1. The number of aliphatic hydroxyl groups excluding tert-OH is 6. The highest BCUT2D eigenvalue weighted by Gasteiger charge is 2.46. The molecule has 13 nitrogen and oxygen atoms in total. The average Bonchev–Trinajstić information content (AvgIpc) is 3.32. The van der Waals surface area contributed by atoms with Crippen molar-refractivity contribution in [1.29, 1.82) is 0 Å². The molecular formula is C35H57ClN2O11. The van der Waals surface area contributed by atoms with E-state index in [1.807, 2.05) is 0 Å². The second kappa shape index (κ2) is 19.8. The normalized spacial score (nSPS) is 30.7. The van der Waals surface area contributed by atoms with Crippen LogP contribution >= 0.6 is 11.6 Å². The summed E-state index contributed by atoms with van der Waals surface area (Å²) in [4.78, 5) is 14.0. The first kappa shape index (κ1) is 40.2. The van der Waals surface area contributed by atoms with Crippen LogP contribution in [0, 0.1) is 0 Å². The fraction of sp³-hybridized carbons (Fsp3) is 0.800. The van der Waals surface area contributed by atoms with Crippen LogP contribution < -0.4 is 5.69 Å². The molecule has 280 valence electrons. The van der Waals surface area contributed by atoms with Crippen LogP contribution in [0.5, 0.6) is 0 Å². The Kier molecular flexibility index (Phi) is 16.3. The van der Waals surface area contributed by atoms with Gasteiger partial charge >= 0.3 is 5.69 Å². The van der Waals surface area contributed by atoms with Gasteiger partial charge in [0.25, 0.3) is 0 Å². The Morgan fingerprint density at radius 1 is 0.633 bits per heavy atom. The number of hydrogen-bond donors (Lipinski definition) is 6. The summed E-state index contributed by atoms with van der Waals surface area (Å²) in [6, 6.07) is 4.81. The van der Waals surface area contributed by atoms with E-state index < -0.39 is 67.1 Å². The van der Waals surface area contributed by atoms with Crippen molar-refractivity contribution in [3.05, 3.63) is 33.7 Å². The lowest BCUT2D eigenvalue weighted by Gasteiger charge is -2.40. The van der Waals surface area contributed by atoms with E-state index in [4.69, 9.17) is 30.5 Å². The molecule has 0 aliphatic carbocycles. The van der Waals surface area contributed by atoms with Crippen LogP contribution in [-0.2, 0) is 32.0 Å². The number of ether oxygens (including phenoxy) is 4. The molecule has 2 aliphatic rings. The van der Waals surface area contributed by atoms with Crippen molar-refractivity contribution in [2.45, 2.75) is 165 Å². The van der Waals surface area contributed by atoms with Gasteiger partial charge < -0.3 is 49.6 Å². The van der Waals surface area contributed by atoms with Gasteiger partial charge in [-0.05, 0) is 31.0 Å². The highest BCUT2D eigenvalue weighted by Crippen LogP contribution is 2.28. The van der Waals surface area contributed by atoms with Crippen LogP contribution in [-0.4, -0.2) is 114 Å². The second-order valence-corrected chi connectivity index (χ2v) is 13.9. The van der Waals surface area contributed by atoms with Crippen molar-refractivity contribution >= 4 is 22.6 Å². The summed E-state index contributed by atoms with van der Waals surface area (Å²) in [7, 11) is 0. The minimum atomic E-state index is -1.65. The van der Waals surface area contributed by atoms with Gasteiger partial charge in [0.1, 0.15) is 48.8 Å². The van der Waals surface area contributed by atoms with E-state index in [0.29, 0.717) is 16.1 Å². The minimum Gasteiger partial charge on any atom is -0.388 e. The number of unbranched alkanes of at least 4 members (excludes halogenated alkanes) is 10. The lowest BCUT2D eigenvalue weighted by atomic mass is 9.98. The van der Waals surface area contributed by atoms with Crippen molar-refractivity contribution in [2.75, 3.05) is 13.2 Å². The Bertz CT molecular complexity index is 1320. The Morgan fingerprint density at radius 3 is 1.53 bits per heavy atom. The van der Waals surface area contributed by atoms with Crippen LogP contribution in [0.1, 0.15) is 90.9 Å². The van der Waals surface area contributed by atoms with E-state index in [1.54, 1.807) is 18.2 Å². The third-order valence-corrected chi connectivity index (χ3v) is 9.88. The smallest absolute Gasteiger partial charge is 0.329 e. The van der Waals surface area contributed by atoms with Crippen molar-refractivity contribution in [3.8, 4) is 0 Å². The summed E-state index contributed by atoms with van der Waals surface area (Å²) >= 11 is 6.32. The SMILES string of the molecule is CCCCCCCCOC1C(O)C(O)OC(Cn2c(=O)n(CC3OC(O)C(O)C(OCCCCCCCC)C3O)c3cc(Cl)ccc32)C1O. The number of nitrogens with zero attached hydrogens (tertiary/aromatic N) is 2. The molecule has 6 N–H and O–H groups in total. The molecule has 2 saturated heterocycles. The summed E-state index contributed by atoms with van der Waals surface area (Å²) < 4.78 is 25.5. The number of aliphatic hydroxyl groups is 6. The number of hydrogen-bond acceptors (Lipinski definition) is 11. The van der Waals surface area contributed by atoms with Gasteiger partial charge in [0.05, 0.1) is 24.1 Å². The van der Waals surface area contributed by atoms with Crippen LogP contribution in [0.4, 0.5) is 0 Å². The van der Waals surface area contributed by atoms with Gasteiger partial charge in [-0.25, -0.2) is 4.79 Å². The lowest BCUT2D eigenvalue weighted by molar-refractivity contribution is -0.292. The monoisotopic (exact) mass is 716 g/mol. The van der Waals surface area contributed by atoms with E-state index in [0.717, 1.165) is 64.2 Å². The van der Waals surface area contributed by atoms with Gasteiger partial charge in [0.2, 0.25) is 0 Å². The highest BCUT2D eigenvalue weighted by molar-refractivity contribution is 6.31. The van der Waals surface area contributed by atoms with Crippen LogP contribution in [0.3, 0.4) is 0 Å². The molecule has 0 spiro atoms. The van der Waals surface area contributed by atoms with Crippen molar-refractivity contribution in [2.24, 2.45) is 0 Å². The van der Waals surface area contributed by atoms with Gasteiger partial charge in [0, 0.05) is 18.2 Å². The van der Waals surface area contributed by atoms with E-state index in [-0.39, 0.29) is 26.3 Å². The molecule has 4 rings (SSSR count). The molecule has 10 atom stereocenters. The Morgan fingerprint density at radius 2 is 1.06 bits per heavy atom. The predicted octanol–water partition coefficient (Wildman–Crippen LogP) is 2.83. The number of rotatable bonds is 20. The topological polar surface area (TPSA) is 185 Å². The molecule has 2 fully saturated rings. The molecule has 3 heterocycles. The predicted molar refractivity (Wildman–Crippen MR) is 183 cm³/mol. The number of aromatic nitrogens is 2. The average molecular weight is 717 g/mol. The molecular weight excluding hydrogens is 660 g/mol. The summed E-state index contributed by atoms with van der Waals surface area (Å²) in [6.45, 7) is 4.45. The zero-order valence-corrected chi connectivity index (χ0v) is 29.6. The molecule has 0 radical (unpaired) electrons. The number of benzene rings is 1. The standard InChI is InChI=1S/C35H57ClN2O11/c1-3-5-7-9-11-13-17-46-31-27(39)25(48-33(43)29(31)41)20-37-23-16-15-22(36)19-24(23)38(35(37)45)21-26-28(40)32(30(42)34(44)49-26)47-18-14-12-10-8-6-4-2/h15-16,19,25-34,39-44H,3-14,17-18,20-21H2,1-2H3. The molecule has 10 unspecified atom stereocenters. The molecule has 0 amide bonds. The third kappa shape index (κ3) is 10.5. The lowest BCUT2D eigenvalue weighted by Crippen LogP contribution is -2.60. The molecule has 2 aliphatic heterocycles. The number of fused-ring (bicyclic) bond motifs is 1. The van der Waals surface area contributed by atoms with Gasteiger partial charge in [-0.15, -0.1) is 0 Å². The molecule has 1 aromatic carbocycles. The van der Waals surface area contributed by atoms with Gasteiger partial charge in [-0.3, -0.25) is 9.13 Å². The molecule has 49 heavy (non-hydrogen) atoms. The molecule has 1 aromatic heterocycles. The summed E-state index contributed by atoms with van der Waals surface area (Å²) in [6.07, 6.45) is -1.13. The van der Waals surface area contributed by atoms with Crippen molar-refractivity contribution < 1.29 is 49.6 Å². The van der Waals surface area contributed by atoms with Gasteiger partial charge in [-0.1, -0.05) is 89.7 Å². The van der Waals surface area contributed by atoms with E-state index in [9.17, 15) is 35.4 Å². The summed E-state index contributed by atoms with van der Waals surface area (Å²) in [5.74, 6) is 0. The summed E-state index contributed by atoms with van der Waals surface area (Å²) in [5, 5.41) is 64.9. The molecule has 2 aromatic rings. The van der Waals surface area contributed by atoms with E-state index >= 15 is 0 Å². The Hall–Kier alpha value is -1.62. The Labute approximate surface area is 293 Å². The maximum atomic E-state index is 14.0. The van der Waals surface area contributed by atoms with Gasteiger partial charge in [-0.2, -0.15) is 0 Å². The quantitative estimate of drug-likeness (QED) is 0.111. The highest BCUT2D eigenvalue weighted by atomic mass is 35.5. The van der Waals surface area contributed by atoms with Crippen LogP contribution in [0.15, 0.2) is 23.0 Å². The zero-order chi connectivity index (χ0) is 35.5. The zero-order valence-electron chi connectivity index (χ0n) is 28.8. The fourth-order valence-electron chi connectivity index (χ4n) is 6.74. The minimum absolute atomic E-state index is 0.203. The maximum absolute atomic E-state index is 14.0. The second-order valence-electron chi connectivity index (χ2n) is 13.4. The molecule has 14 heteroatoms. The fourth-order valence-corrected chi connectivity index (χ4v) is 6.90. The van der Waals surface area contributed by atoms with E-state index in [2.05, 4.69) is 13.8 Å². The Balaban J connectivity index is 1.47. The van der Waals surface area contributed by atoms with Crippen molar-refractivity contribution in [1.82, 2.24) is 9.13 Å². The maximum Gasteiger partial charge on any atom is 0.329 e. The van der Waals surface area contributed by atoms with Crippen LogP contribution in [0.2, 0.25) is 5.02 Å².